The molecule has 6 heteroatoms. The van der Waals surface area contributed by atoms with Gasteiger partial charge in [-0.05, 0) is 18.2 Å². The number of nitrogens with one attached hydrogen (secondary N) is 1. The summed E-state index contributed by atoms with van der Waals surface area (Å²) in [7, 11) is 3.24. The number of halogens is 1. The molecule has 2 amide bonds. The van der Waals surface area contributed by atoms with E-state index in [9.17, 15) is 9.59 Å². The maximum atomic E-state index is 12.2. The van der Waals surface area contributed by atoms with Crippen LogP contribution in [0.25, 0.3) is 0 Å². The highest BCUT2D eigenvalue weighted by Gasteiger charge is 2.18. The van der Waals surface area contributed by atoms with Crippen molar-refractivity contribution in [1.29, 1.82) is 0 Å². The Morgan fingerprint density at radius 1 is 1.42 bits per heavy atom. The smallest absolute Gasteiger partial charge is 0.253 e. The van der Waals surface area contributed by atoms with E-state index in [1.807, 2.05) is 0 Å². The summed E-state index contributed by atoms with van der Waals surface area (Å²) in [6.07, 6.45) is 0. The minimum absolute atomic E-state index is 0.0894. The van der Waals surface area contributed by atoms with E-state index in [1.165, 1.54) is 4.90 Å². The van der Waals surface area contributed by atoms with Gasteiger partial charge in [0.2, 0.25) is 5.91 Å². The maximum absolute atomic E-state index is 12.2. The Morgan fingerprint density at radius 2 is 2.05 bits per heavy atom. The van der Waals surface area contributed by atoms with Crippen LogP contribution in [-0.2, 0) is 4.79 Å². The summed E-state index contributed by atoms with van der Waals surface area (Å²) in [6.45, 7) is 2.13. The molecule has 1 rings (SSSR count). The Hall–Kier alpha value is -1.56. The predicted octanol–water partition coefficient (Wildman–Crippen LogP) is 1.49. The maximum Gasteiger partial charge on any atom is 0.253 e. The van der Waals surface area contributed by atoms with Crippen LogP contribution in [0.4, 0.5) is 5.69 Å². The Labute approximate surface area is 121 Å². The van der Waals surface area contributed by atoms with E-state index in [1.54, 1.807) is 39.2 Å². The molecule has 1 unspecified atom stereocenters. The molecule has 0 aliphatic rings. The highest BCUT2D eigenvalue weighted by Crippen LogP contribution is 2.18. The molecular weight excluding hydrogens is 310 g/mol. The Balaban J connectivity index is 2.79. The van der Waals surface area contributed by atoms with Crippen molar-refractivity contribution in [3.8, 4) is 0 Å². The van der Waals surface area contributed by atoms with Crippen LogP contribution < -0.4 is 11.1 Å². The third kappa shape index (κ3) is 4.24. The first kappa shape index (κ1) is 15.5. The molecule has 0 heterocycles. The first-order chi connectivity index (χ1) is 8.85. The molecule has 0 bridgehead atoms. The number of hydrogen-bond donors (Lipinski definition) is 2. The van der Waals surface area contributed by atoms with Crippen LogP contribution in [0.5, 0.6) is 0 Å². The number of carbonyl (C=O) groups is 2. The van der Waals surface area contributed by atoms with Crippen LogP contribution in [0, 0.1) is 5.92 Å². The molecule has 0 radical (unpaired) electrons. The van der Waals surface area contributed by atoms with Gasteiger partial charge in [0, 0.05) is 36.4 Å². The number of hydrogen-bond acceptors (Lipinski definition) is 3. The zero-order chi connectivity index (χ0) is 14.6. The molecule has 0 aliphatic carbocycles. The average molecular weight is 328 g/mol. The highest BCUT2D eigenvalue weighted by molar-refractivity contribution is 9.10. The van der Waals surface area contributed by atoms with Crippen molar-refractivity contribution in [2.75, 3.05) is 26.4 Å². The lowest BCUT2D eigenvalue weighted by atomic mass is 10.1. The van der Waals surface area contributed by atoms with Gasteiger partial charge in [0.1, 0.15) is 0 Å². The standard InChI is InChI=1S/C13H18BrN3O2/c1-8(12(18)16-2)7-17(3)13(19)9-4-10(14)6-11(15)5-9/h4-6,8H,7,15H2,1-3H3,(H,16,18). The van der Waals surface area contributed by atoms with Crippen molar-refractivity contribution < 1.29 is 9.59 Å². The van der Waals surface area contributed by atoms with Gasteiger partial charge < -0.3 is 16.0 Å². The third-order valence-electron chi connectivity index (χ3n) is 2.76. The molecule has 104 valence electrons. The number of benzene rings is 1. The molecule has 1 atom stereocenters. The van der Waals surface area contributed by atoms with E-state index < -0.39 is 0 Å². The zero-order valence-electron chi connectivity index (χ0n) is 11.2. The van der Waals surface area contributed by atoms with Crippen molar-refractivity contribution >= 4 is 33.4 Å². The van der Waals surface area contributed by atoms with Crippen molar-refractivity contribution in [2.45, 2.75) is 6.92 Å². The normalized spacial score (nSPS) is 11.8. The van der Waals surface area contributed by atoms with E-state index >= 15 is 0 Å². The Kier molecular flexibility index (Phi) is 5.35. The van der Waals surface area contributed by atoms with Gasteiger partial charge in [-0.2, -0.15) is 0 Å². The molecule has 0 aromatic heterocycles. The average Bonchev–Trinajstić information content (AvgIpc) is 2.35. The summed E-state index contributed by atoms with van der Waals surface area (Å²) in [4.78, 5) is 25.2. The van der Waals surface area contributed by atoms with Gasteiger partial charge in [-0.1, -0.05) is 22.9 Å². The third-order valence-corrected chi connectivity index (χ3v) is 3.21. The van der Waals surface area contributed by atoms with Gasteiger partial charge >= 0.3 is 0 Å². The first-order valence-corrected chi connectivity index (χ1v) is 6.67. The summed E-state index contributed by atoms with van der Waals surface area (Å²) in [5.41, 5.74) is 6.72. The molecule has 0 spiro atoms. The number of nitrogens with zero attached hydrogens (tertiary/aromatic N) is 1. The fraction of sp³-hybridized carbons (Fsp3) is 0.385. The quantitative estimate of drug-likeness (QED) is 0.822. The summed E-state index contributed by atoms with van der Waals surface area (Å²) in [5, 5.41) is 2.56. The summed E-state index contributed by atoms with van der Waals surface area (Å²) >= 11 is 3.30. The lowest BCUT2D eigenvalue weighted by molar-refractivity contribution is -0.124. The molecule has 5 nitrogen and oxygen atoms in total. The zero-order valence-corrected chi connectivity index (χ0v) is 12.8. The second kappa shape index (κ2) is 6.56. The lowest BCUT2D eigenvalue weighted by Crippen LogP contribution is -2.37. The predicted molar refractivity (Wildman–Crippen MR) is 78.7 cm³/mol. The summed E-state index contributed by atoms with van der Waals surface area (Å²) < 4.78 is 0.753. The minimum atomic E-state index is -0.261. The number of nitrogen functional groups attached to an aromatic ring is 1. The molecular formula is C13H18BrN3O2. The molecule has 0 aliphatic heterocycles. The van der Waals surface area contributed by atoms with E-state index in [2.05, 4.69) is 21.2 Å². The van der Waals surface area contributed by atoms with Crippen LogP contribution in [0.1, 0.15) is 17.3 Å². The Morgan fingerprint density at radius 3 is 2.58 bits per heavy atom. The summed E-state index contributed by atoms with van der Waals surface area (Å²) in [5.74, 6) is -0.513. The number of amides is 2. The topological polar surface area (TPSA) is 75.4 Å². The monoisotopic (exact) mass is 327 g/mol. The largest absolute Gasteiger partial charge is 0.399 e. The molecule has 1 aromatic rings. The minimum Gasteiger partial charge on any atom is -0.399 e. The Bertz CT molecular complexity index is 471. The van der Waals surface area contributed by atoms with Gasteiger partial charge in [-0.15, -0.1) is 0 Å². The van der Waals surface area contributed by atoms with Crippen LogP contribution in [0.15, 0.2) is 22.7 Å². The fourth-order valence-corrected chi connectivity index (χ4v) is 2.29. The van der Waals surface area contributed by atoms with Crippen molar-refractivity contribution in [1.82, 2.24) is 10.2 Å². The lowest BCUT2D eigenvalue weighted by Gasteiger charge is -2.21. The van der Waals surface area contributed by atoms with Gasteiger partial charge in [-0.3, -0.25) is 9.59 Å². The van der Waals surface area contributed by atoms with Gasteiger partial charge in [-0.25, -0.2) is 0 Å². The number of anilines is 1. The highest BCUT2D eigenvalue weighted by atomic mass is 79.9. The van der Waals surface area contributed by atoms with E-state index in [0.29, 0.717) is 17.8 Å². The molecule has 3 N–H and O–H groups in total. The van der Waals surface area contributed by atoms with Crippen molar-refractivity contribution in [3.63, 3.8) is 0 Å². The molecule has 0 saturated carbocycles. The fourth-order valence-electron chi connectivity index (χ4n) is 1.78. The first-order valence-electron chi connectivity index (χ1n) is 5.88. The van der Waals surface area contributed by atoms with Gasteiger partial charge in [0.25, 0.3) is 5.91 Å². The van der Waals surface area contributed by atoms with Crippen LogP contribution >= 0.6 is 15.9 Å². The second-order valence-corrected chi connectivity index (χ2v) is 5.39. The number of nitrogens with two attached hydrogens (primary N) is 1. The number of rotatable bonds is 4. The van der Waals surface area contributed by atoms with E-state index in [-0.39, 0.29) is 17.7 Å². The van der Waals surface area contributed by atoms with Crippen molar-refractivity contribution in [2.24, 2.45) is 5.92 Å². The molecule has 1 aromatic carbocycles. The SMILES string of the molecule is CNC(=O)C(C)CN(C)C(=O)c1cc(N)cc(Br)c1. The molecule has 0 saturated heterocycles. The number of carbonyl (C=O) groups excluding carboxylic acids is 2. The molecule has 0 fully saturated rings. The summed E-state index contributed by atoms with van der Waals surface area (Å²) in [6, 6.07) is 5.05. The van der Waals surface area contributed by atoms with E-state index in [0.717, 1.165) is 4.47 Å². The van der Waals surface area contributed by atoms with Crippen LogP contribution in [0.3, 0.4) is 0 Å². The van der Waals surface area contributed by atoms with Gasteiger partial charge in [0.15, 0.2) is 0 Å². The second-order valence-electron chi connectivity index (χ2n) is 4.47. The van der Waals surface area contributed by atoms with Crippen LogP contribution in [-0.4, -0.2) is 37.4 Å². The van der Waals surface area contributed by atoms with Crippen molar-refractivity contribution in [3.05, 3.63) is 28.2 Å². The van der Waals surface area contributed by atoms with Gasteiger partial charge in [0.05, 0.1) is 5.92 Å². The molecule has 19 heavy (non-hydrogen) atoms. The van der Waals surface area contributed by atoms with E-state index in [4.69, 9.17) is 5.73 Å². The van der Waals surface area contributed by atoms with Crippen LogP contribution in [0.2, 0.25) is 0 Å².